The van der Waals surface area contributed by atoms with Gasteiger partial charge >= 0.3 is 0 Å². The molecule has 0 saturated carbocycles. The van der Waals surface area contributed by atoms with Crippen molar-refractivity contribution in [1.29, 1.82) is 0 Å². The Bertz CT molecular complexity index is 598. The Morgan fingerprint density at radius 2 is 1.86 bits per heavy atom. The van der Waals surface area contributed by atoms with Crippen LogP contribution in [0.2, 0.25) is 5.02 Å². The van der Waals surface area contributed by atoms with Gasteiger partial charge in [0.15, 0.2) is 5.82 Å². The Labute approximate surface area is 130 Å². The van der Waals surface area contributed by atoms with E-state index >= 15 is 0 Å². The lowest BCUT2D eigenvalue weighted by Crippen LogP contribution is -2.25. The van der Waals surface area contributed by atoms with Crippen molar-refractivity contribution in [1.82, 2.24) is 15.0 Å². The Hall–Kier alpha value is -1.88. The fourth-order valence-electron chi connectivity index (χ4n) is 2.01. The number of hydrogen-bond acceptors (Lipinski definition) is 5. The molecule has 0 aliphatic carbocycles. The quantitative estimate of drug-likeness (QED) is 0.885. The van der Waals surface area contributed by atoms with Gasteiger partial charge in [0, 0.05) is 30.2 Å². The fourth-order valence-corrected chi connectivity index (χ4v) is 2.20. The van der Waals surface area contributed by atoms with Crippen LogP contribution in [0.3, 0.4) is 0 Å². The number of hydrogen-bond donors (Lipinski definition) is 1. The summed E-state index contributed by atoms with van der Waals surface area (Å²) in [5.74, 6) is 1.90. The molecular formula is C15H20ClN5. The summed E-state index contributed by atoms with van der Waals surface area (Å²) in [6, 6.07) is 7.54. The van der Waals surface area contributed by atoms with E-state index in [0.717, 1.165) is 25.2 Å². The van der Waals surface area contributed by atoms with Gasteiger partial charge in [-0.15, -0.1) is 0 Å². The molecule has 1 aromatic heterocycles. The van der Waals surface area contributed by atoms with Gasteiger partial charge in [-0.25, -0.2) is 0 Å². The maximum Gasteiger partial charge on any atom is 0.230 e. The van der Waals surface area contributed by atoms with E-state index in [1.54, 1.807) is 0 Å². The standard InChI is InChI=1S/C15H20ClN5/c1-4-17-14-18-13(11-8-7-9-12(16)10-11)19-15(20-14)21(5-2)6-3/h7-10H,4-6H2,1-3H3,(H,17,18,19,20). The second kappa shape index (κ2) is 7.22. The molecule has 6 heteroatoms. The average molecular weight is 306 g/mol. The first-order chi connectivity index (χ1) is 10.2. The highest BCUT2D eigenvalue weighted by molar-refractivity contribution is 6.30. The number of aromatic nitrogens is 3. The normalized spacial score (nSPS) is 10.5. The third kappa shape index (κ3) is 3.82. The molecular weight excluding hydrogens is 286 g/mol. The predicted octanol–water partition coefficient (Wildman–Crippen LogP) is 3.47. The number of nitrogens with one attached hydrogen (secondary N) is 1. The van der Waals surface area contributed by atoms with Gasteiger partial charge in [-0.3, -0.25) is 0 Å². The highest BCUT2D eigenvalue weighted by Crippen LogP contribution is 2.22. The van der Waals surface area contributed by atoms with Crippen LogP contribution >= 0.6 is 11.6 Å². The molecule has 0 fully saturated rings. The summed E-state index contributed by atoms with van der Waals surface area (Å²) in [5.41, 5.74) is 0.887. The Morgan fingerprint density at radius 1 is 1.10 bits per heavy atom. The summed E-state index contributed by atoms with van der Waals surface area (Å²) < 4.78 is 0. The van der Waals surface area contributed by atoms with Crippen LogP contribution < -0.4 is 10.2 Å². The highest BCUT2D eigenvalue weighted by atomic mass is 35.5. The van der Waals surface area contributed by atoms with Gasteiger partial charge in [0.05, 0.1) is 0 Å². The zero-order valence-electron chi connectivity index (χ0n) is 12.6. The van der Waals surface area contributed by atoms with Gasteiger partial charge in [0.1, 0.15) is 0 Å². The number of anilines is 2. The van der Waals surface area contributed by atoms with Crippen molar-refractivity contribution in [3.8, 4) is 11.4 Å². The second-order valence-corrected chi connectivity index (χ2v) is 4.93. The largest absolute Gasteiger partial charge is 0.354 e. The van der Waals surface area contributed by atoms with Crippen LogP contribution in [-0.2, 0) is 0 Å². The molecule has 21 heavy (non-hydrogen) atoms. The van der Waals surface area contributed by atoms with Crippen LogP contribution in [0.4, 0.5) is 11.9 Å². The van der Waals surface area contributed by atoms with Gasteiger partial charge in [-0.2, -0.15) is 15.0 Å². The van der Waals surface area contributed by atoms with Crippen LogP contribution in [0.15, 0.2) is 24.3 Å². The van der Waals surface area contributed by atoms with Crippen molar-refractivity contribution in [2.45, 2.75) is 20.8 Å². The van der Waals surface area contributed by atoms with Crippen LogP contribution in [-0.4, -0.2) is 34.6 Å². The molecule has 112 valence electrons. The van der Waals surface area contributed by atoms with Gasteiger partial charge in [-0.05, 0) is 32.9 Å². The van der Waals surface area contributed by atoms with Gasteiger partial charge in [0.25, 0.3) is 0 Å². The fraction of sp³-hybridized carbons (Fsp3) is 0.400. The summed E-state index contributed by atoms with van der Waals surface area (Å²) in [6.07, 6.45) is 0. The molecule has 2 rings (SSSR count). The molecule has 0 aliphatic heterocycles. The van der Waals surface area contributed by atoms with Gasteiger partial charge in [-0.1, -0.05) is 23.7 Å². The van der Waals surface area contributed by atoms with Crippen LogP contribution in [0.1, 0.15) is 20.8 Å². The zero-order valence-corrected chi connectivity index (χ0v) is 13.4. The number of benzene rings is 1. The van der Waals surface area contributed by atoms with Gasteiger partial charge < -0.3 is 10.2 Å². The number of halogens is 1. The summed E-state index contributed by atoms with van der Waals surface area (Å²) in [6.45, 7) is 8.64. The molecule has 0 saturated heterocycles. The van der Waals surface area contributed by atoms with Crippen molar-refractivity contribution in [2.24, 2.45) is 0 Å². The first-order valence-electron chi connectivity index (χ1n) is 7.18. The first kappa shape index (κ1) is 15.5. The van der Waals surface area contributed by atoms with Crippen LogP contribution in [0.25, 0.3) is 11.4 Å². The summed E-state index contributed by atoms with van der Waals surface area (Å²) in [7, 11) is 0. The summed E-state index contributed by atoms with van der Waals surface area (Å²) in [5, 5.41) is 3.82. The lowest BCUT2D eigenvalue weighted by atomic mass is 10.2. The Kier molecular flexibility index (Phi) is 5.33. The summed E-state index contributed by atoms with van der Waals surface area (Å²) >= 11 is 6.06. The highest BCUT2D eigenvalue weighted by Gasteiger charge is 2.12. The molecule has 5 nitrogen and oxygen atoms in total. The first-order valence-corrected chi connectivity index (χ1v) is 7.56. The lowest BCUT2D eigenvalue weighted by Gasteiger charge is -2.19. The average Bonchev–Trinajstić information content (AvgIpc) is 2.49. The third-order valence-corrected chi connectivity index (χ3v) is 3.32. The molecule has 0 spiro atoms. The van der Waals surface area contributed by atoms with E-state index in [1.165, 1.54) is 0 Å². The van der Waals surface area contributed by atoms with E-state index in [9.17, 15) is 0 Å². The number of nitrogens with zero attached hydrogens (tertiary/aromatic N) is 4. The molecule has 1 N–H and O–H groups in total. The Morgan fingerprint density at radius 3 is 2.48 bits per heavy atom. The minimum atomic E-state index is 0.587. The van der Waals surface area contributed by atoms with Crippen molar-refractivity contribution in [3.05, 3.63) is 29.3 Å². The third-order valence-electron chi connectivity index (χ3n) is 3.09. The van der Waals surface area contributed by atoms with Gasteiger partial charge in [0.2, 0.25) is 11.9 Å². The van der Waals surface area contributed by atoms with Crippen molar-refractivity contribution in [2.75, 3.05) is 29.9 Å². The maximum atomic E-state index is 6.06. The molecule has 0 unspecified atom stereocenters. The SMILES string of the molecule is CCNc1nc(-c2cccc(Cl)c2)nc(N(CC)CC)n1. The number of rotatable bonds is 6. The molecule has 0 aliphatic rings. The molecule has 0 atom stereocenters. The molecule has 2 aromatic rings. The lowest BCUT2D eigenvalue weighted by molar-refractivity contribution is 0.814. The smallest absolute Gasteiger partial charge is 0.230 e. The van der Waals surface area contributed by atoms with Crippen LogP contribution in [0, 0.1) is 0 Å². The Balaban J connectivity index is 2.49. The summed E-state index contributed by atoms with van der Waals surface area (Å²) in [4.78, 5) is 15.6. The molecule has 1 aromatic carbocycles. The minimum Gasteiger partial charge on any atom is -0.354 e. The molecule has 0 bridgehead atoms. The molecule has 0 radical (unpaired) electrons. The molecule has 1 heterocycles. The van der Waals surface area contributed by atoms with Crippen molar-refractivity contribution >= 4 is 23.5 Å². The minimum absolute atomic E-state index is 0.587. The van der Waals surface area contributed by atoms with E-state index in [1.807, 2.05) is 31.2 Å². The van der Waals surface area contributed by atoms with E-state index in [4.69, 9.17) is 11.6 Å². The zero-order chi connectivity index (χ0) is 15.2. The predicted molar refractivity (Wildman–Crippen MR) is 88.0 cm³/mol. The van der Waals surface area contributed by atoms with E-state index < -0.39 is 0 Å². The van der Waals surface area contributed by atoms with Crippen molar-refractivity contribution in [3.63, 3.8) is 0 Å². The maximum absolute atomic E-state index is 6.06. The van der Waals surface area contributed by atoms with Crippen molar-refractivity contribution < 1.29 is 0 Å². The monoisotopic (exact) mass is 305 g/mol. The van der Waals surface area contributed by atoms with Crippen LogP contribution in [0.5, 0.6) is 0 Å². The van der Waals surface area contributed by atoms with E-state index in [0.29, 0.717) is 22.7 Å². The van der Waals surface area contributed by atoms with E-state index in [-0.39, 0.29) is 0 Å². The molecule has 0 amide bonds. The second-order valence-electron chi connectivity index (χ2n) is 4.50. The van der Waals surface area contributed by atoms with E-state index in [2.05, 4.69) is 39.0 Å². The topological polar surface area (TPSA) is 53.9 Å².